The summed E-state index contributed by atoms with van der Waals surface area (Å²) in [4.78, 5) is 43.5. The highest BCUT2D eigenvalue weighted by atomic mass is 16.6. The fourth-order valence-electron chi connectivity index (χ4n) is 5.09. The third-order valence-electron chi connectivity index (χ3n) is 7.52. The first kappa shape index (κ1) is 35.9. The Kier molecular flexibility index (Phi) is 13.5. The standard InChI is InChI=1S/C37H49N3O6/c1-7-9-10-11-24-40(35(43)32(39-36(44)46-37(3,4)5)25-27-14-20-30(41)21-15-27)33(28-16-12-26(8-2)13-17-28)34(42)38-29-18-22-31(45-6)23-19-29/h12-23,32-33,41H,7-11,24-25H2,1-6H3,(H,38,42)(H,39,44). The highest BCUT2D eigenvalue weighted by molar-refractivity contribution is 5.99. The molecule has 46 heavy (non-hydrogen) atoms. The van der Waals surface area contributed by atoms with Crippen molar-refractivity contribution < 1.29 is 29.0 Å². The summed E-state index contributed by atoms with van der Waals surface area (Å²) < 4.78 is 10.8. The lowest BCUT2D eigenvalue weighted by molar-refractivity contribution is -0.140. The molecule has 9 heteroatoms. The molecule has 3 aromatic rings. The third-order valence-corrected chi connectivity index (χ3v) is 7.52. The Labute approximate surface area is 273 Å². The summed E-state index contributed by atoms with van der Waals surface area (Å²) in [5.74, 6) is -0.0402. The van der Waals surface area contributed by atoms with Gasteiger partial charge < -0.3 is 30.1 Å². The number of carbonyl (C=O) groups is 3. The van der Waals surface area contributed by atoms with Crippen LogP contribution in [0.15, 0.2) is 72.8 Å². The van der Waals surface area contributed by atoms with E-state index in [1.54, 1.807) is 69.2 Å². The SMILES string of the molecule is CCCCCCN(C(=O)C(Cc1ccc(O)cc1)NC(=O)OC(C)(C)C)C(C(=O)Nc1ccc(OC)cc1)c1ccc(CC)cc1. The minimum absolute atomic E-state index is 0.0927. The van der Waals surface area contributed by atoms with E-state index in [2.05, 4.69) is 24.5 Å². The molecule has 0 aliphatic rings. The number of benzene rings is 3. The van der Waals surface area contributed by atoms with Crippen LogP contribution in [0, 0.1) is 0 Å². The smallest absolute Gasteiger partial charge is 0.408 e. The van der Waals surface area contributed by atoms with Gasteiger partial charge in [0, 0.05) is 18.7 Å². The van der Waals surface area contributed by atoms with E-state index in [-0.39, 0.29) is 18.1 Å². The highest BCUT2D eigenvalue weighted by Gasteiger charge is 2.36. The van der Waals surface area contributed by atoms with Crippen molar-refractivity contribution in [2.45, 2.75) is 90.8 Å². The normalized spacial score (nSPS) is 12.5. The number of methoxy groups -OCH3 is 1. The Hall–Kier alpha value is -4.53. The molecule has 0 saturated heterocycles. The van der Waals surface area contributed by atoms with Gasteiger partial charge in [-0.2, -0.15) is 0 Å². The number of alkyl carbamates (subject to hydrolysis) is 1. The second kappa shape index (κ2) is 17.2. The van der Waals surface area contributed by atoms with Gasteiger partial charge in [0.05, 0.1) is 7.11 Å². The molecular weight excluding hydrogens is 582 g/mol. The van der Waals surface area contributed by atoms with Gasteiger partial charge in [0.25, 0.3) is 5.91 Å². The van der Waals surface area contributed by atoms with E-state index in [1.807, 2.05) is 24.3 Å². The zero-order chi connectivity index (χ0) is 33.7. The number of anilines is 1. The van der Waals surface area contributed by atoms with Crippen LogP contribution in [-0.2, 0) is 27.2 Å². The summed E-state index contributed by atoms with van der Waals surface area (Å²) in [5.41, 5.74) is 2.28. The van der Waals surface area contributed by atoms with E-state index < -0.39 is 29.7 Å². The van der Waals surface area contributed by atoms with Gasteiger partial charge in [0.2, 0.25) is 5.91 Å². The summed E-state index contributed by atoms with van der Waals surface area (Å²) in [6.45, 7) is 9.73. The summed E-state index contributed by atoms with van der Waals surface area (Å²) in [6.07, 6.45) is 3.78. The molecule has 0 spiro atoms. The van der Waals surface area contributed by atoms with Crippen LogP contribution >= 0.6 is 0 Å². The lowest BCUT2D eigenvalue weighted by Gasteiger charge is -2.35. The second-order valence-corrected chi connectivity index (χ2v) is 12.4. The second-order valence-electron chi connectivity index (χ2n) is 12.4. The van der Waals surface area contributed by atoms with Crippen LogP contribution in [0.3, 0.4) is 0 Å². The maximum absolute atomic E-state index is 14.7. The van der Waals surface area contributed by atoms with Gasteiger partial charge in [0.15, 0.2) is 0 Å². The number of phenols is 1. The van der Waals surface area contributed by atoms with E-state index in [4.69, 9.17) is 9.47 Å². The highest BCUT2D eigenvalue weighted by Crippen LogP contribution is 2.27. The number of hydrogen-bond donors (Lipinski definition) is 3. The number of nitrogens with one attached hydrogen (secondary N) is 2. The third kappa shape index (κ3) is 11.1. The first-order valence-corrected chi connectivity index (χ1v) is 16.1. The Balaban J connectivity index is 2.07. The summed E-state index contributed by atoms with van der Waals surface area (Å²) >= 11 is 0. The molecule has 2 unspecified atom stereocenters. The van der Waals surface area contributed by atoms with Crippen molar-refractivity contribution in [3.8, 4) is 11.5 Å². The van der Waals surface area contributed by atoms with Crippen LogP contribution in [-0.4, -0.2) is 53.2 Å². The predicted molar refractivity (Wildman–Crippen MR) is 181 cm³/mol. The Morgan fingerprint density at radius 1 is 0.848 bits per heavy atom. The van der Waals surface area contributed by atoms with Gasteiger partial charge in [-0.1, -0.05) is 69.5 Å². The Bertz CT molecular complexity index is 1400. The molecule has 0 heterocycles. The van der Waals surface area contributed by atoms with Crippen molar-refractivity contribution in [3.63, 3.8) is 0 Å². The van der Waals surface area contributed by atoms with Gasteiger partial charge in [-0.15, -0.1) is 0 Å². The fraction of sp³-hybridized carbons (Fsp3) is 0.432. The number of carbonyl (C=O) groups excluding carboxylic acids is 3. The predicted octanol–water partition coefficient (Wildman–Crippen LogP) is 7.19. The first-order chi connectivity index (χ1) is 21.9. The maximum Gasteiger partial charge on any atom is 0.408 e. The molecule has 0 aliphatic carbocycles. The van der Waals surface area contributed by atoms with Gasteiger partial charge in [0.1, 0.15) is 29.2 Å². The maximum atomic E-state index is 14.7. The average molecular weight is 632 g/mol. The van der Waals surface area contributed by atoms with Crippen molar-refractivity contribution in [2.24, 2.45) is 0 Å². The number of aryl methyl sites for hydroxylation is 1. The Morgan fingerprint density at radius 3 is 2.04 bits per heavy atom. The van der Waals surface area contributed by atoms with E-state index >= 15 is 0 Å². The molecule has 3 N–H and O–H groups in total. The quantitative estimate of drug-likeness (QED) is 0.153. The fourth-order valence-corrected chi connectivity index (χ4v) is 5.09. The molecule has 3 amide bonds. The molecule has 0 radical (unpaired) electrons. The molecule has 0 saturated carbocycles. The monoisotopic (exact) mass is 631 g/mol. The molecular formula is C37H49N3O6. The number of phenolic OH excluding ortho intramolecular Hbond substituents is 1. The van der Waals surface area contributed by atoms with E-state index in [0.29, 0.717) is 30.0 Å². The molecule has 0 bridgehead atoms. The van der Waals surface area contributed by atoms with Gasteiger partial charge >= 0.3 is 6.09 Å². The van der Waals surface area contributed by atoms with Crippen molar-refractivity contribution in [2.75, 3.05) is 19.0 Å². The molecule has 0 fully saturated rings. The lowest BCUT2D eigenvalue weighted by atomic mass is 9.98. The average Bonchev–Trinajstić information content (AvgIpc) is 3.02. The van der Waals surface area contributed by atoms with Crippen LogP contribution in [0.2, 0.25) is 0 Å². The Morgan fingerprint density at radius 2 is 1.48 bits per heavy atom. The minimum Gasteiger partial charge on any atom is -0.508 e. The molecule has 3 rings (SSSR count). The number of hydrogen-bond acceptors (Lipinski definition) is 6. The van der Waals surface area contributed by atoms with Gasteiger partial charge in [-0.25, -0.2) is 4.79 Å². The zero-order valence-corrected chi connectivity index (χ0v) is 28.0. The summed E-state index contributed by atoms with van der Waals surface area (Å²) in [6, 6.07) is 19.2. The van der Waals surface area contributed by atoms with Crippen LogP contribution in [0.1, 0.15) is 83.0 Å². The molecule has 0 aromatic heterocycles. The molecule has 2 atom stereocenters. The van der Waals surface area contributed by atoms with E-state index in [9.17, 15) is 19.5 Å². The van der Waals surface area contributed by atoms with Crippen LogP contribution in [0.25, 0.3) is 0 Å². The number of rotatable bonds is 15. The topological polar surface area (TPSA) is 117 Å². The molecule has 248 valence electrons. The van der Waals surface area contributed by atoms with E-state index in [1.165, 1.54) is 12.1 Å². The zero-order valence-electron chi connectivity index (χ0n) is 28.0. The van der Waals surface area contributed by atoms with Crippen LogP contribution in [0.5, 0.6) is 11.5 Å². The lowest BCUT2D eigenvalue weighted by Crippen LogP contribution is -2.53. The number of amides is 3. The van der Waals surface area contributed by atoms with Crippen molar-refractivity contribution in [1.82, 2.24) is 10.2 Å². The summed E-state index contributed by atoms with van der Waals surface area (Å²) in [5, 5.41) is 15.6. The van der Waals surface area contributed by atoms with Crippen LogP contribution in [0.4, 0.5) is 10.5 Å². The van der Waals surface area contributed by atoms with Crippen molar-refractivity contribution in [1.29, 1.82) is 0 Å². The van der Waals surface area contributed by atoms with Gasteiger partial charge in [-0.05, 0) is 86.7 Å². The number of ether oxygens (including phenoxy) is 2. The van der Waals surface area contributed by atoms with Gasteiger partial charge in [-0.3, -0.25) is 9.59 Å². The van der Waals surface area contributed by atoms with Crippen molar-refractivity contribution >= 4 is 23.6 Å². The van der Waals surface area contributed by atoms with Crippen LogP contribution < -0.4 is 15.4 Å². The molecule has 0 aliphatic heterocycles. The number of unbranched alkanes of at least 4 members (excludes halogenated alkanes) is 3. The number of nitrogens with zero attached hydrogens (tertiary/aromatic N) is 1. The van der Waals surface area contributed by atoms with E-state index in [0.717, 1.165) is 36.8 Å². The number of aromatic hydroxyl groups is 1. The summed E-state index contributed by atoms with van der Waals surface area (Å²) in [7, 11) is 1.57. The molecule has 3 aromatic carbocycles. The molecule has 9 nitrogen and oxygen atoms in total. The minimum atomic E-state index is -1.04. The largest absolute Gasteiger partial charge is 0.508 e. The first-order valence-electron chi connectivity index (χ1n) is 16.1. The van der Waals surface area contributed by atoms with Crippen molar-refractivity contribution in [3.05, 3.63) is 89.5 Å².